The van der Waals surface area contributed by atoms with E-state index in [2.05, 4.69) is 19.9 Å². The van der Waals surface area contributed by atoms with Gasteiger partial charge in [-0.1, -0.05) is 6.07 Å². The average molecular weight is 501 g/mol. The molecule has 0 aliphatic carbocycles. The Hall–Kier alpha value is -3.86. The lowest BCUT2D eigenvalue weighted by Gasteiger charge is -2.38. The largest absolute Gasteiger partial charge is 0.383 e. The first-order valence-electron chi connectivity index (χ1n) is 12.3. The molecule has 0 radical (unpaired) electrons. The summed E-state index contributed by atoms with van der Waals surface area (Å²) in [5.74, 6) is 0.260. The third-order valence-electron chi connectivity index (χ3n) is 7.14. The van der Waals surface area contributed by atoms with Gasteiger partial charge in [-0.3, -0.25) is 14.8 Å². The summed E-state index contributed by atoms with van der Waals surface area (Å²) in [5.41, 5.74) is 12.6. The maximum Gasteiger partial charge on any atom is 0.271 e. The van der Waals surface area contributed by atoms with Crippen molar-refractivity contribution in [2.75, 3.05) is 26.1 Å². The molecule has 2 atom stereocenters. The standard InChI is InChI=1S/C27H28N6O4/c1-35-24-6-9-36-15-23(24)33(12-18-3-2-17(11-30-18)16-4-7-29-8-5-16)27(34)22-10-21-25(31-22)19-13-37-14-20(19)26(28)32-21/h2-5,7-8,10-11,23-24,31H,6,9,12-15H2,1H3,(H2,28,32)/t23-,24-/m1/s1. The number of hydrogen-bond acceptors (Lipinski definition) is 8. The first-order valence-corrected chi connectivity index (χ1v) is 12.3. The Balaban J connectivity index is 1.34. The maximum absolute atomic E-state index is 14.0. The van der Waals surface area contributed by atoms with E-state index in [9.17, 15) is 4.79 Å². The van der Waals surface area contributed by atoms with E-state index in [-0.39, 0.29) is 18.1 Å². The molecule has 190 valence electrons. The van der Waals surface area contributed by atoms with Crippen LogP contribution in [0.5, 0.6) is 0 Å². The van der Waals surface area contributed by atoms with Crippen molar-refractivity contribution >= 4 is 22.8 Å². The van der Waals surface area contributed by atoms with Crippen molar-refractivity contribution in [1.29, 1.82) is 0 Å². The van der Waals surface area contributed by atoms with Gasteiger partial charge in [0.25, 0.3) is 5.91 Å². The van der Waals surface area contributed by atoms with Gasteiger partial charge in [0, 0.05) is 49.0 Å². The van der Waals surface area contributed by atoms with Crippen molar-refractivity contribution in [2.45, 2.75) is 38.3 Å². The fourth-order valence-electron chi connectivity index (χ4n) is 5.13. The smallest absolute Gasteiger partial charge is 0.271 e. The Labute approximate surface area is 213 Å². The van der Waals surface area contributed by atoms with Crippen LogP contribution in [0.25, 0.3) is 22.2 Å². The molecule has 4 aromatic rings. The van der Waals surface area contributed by atoms with Gasteiger partial charge >= 0.3 is 0 Å². The SMILES string of the molecule is CO[C@@H]1CCOC[C@H]1N(Cc1ccc(-c2ccncc2)cn1)C(=O)c1cc2nc(N)c3c(c2[nH]1)COC3. The number of nitrogens with one attached hydrogen (secondary N) is 1. The van der Waals surface area contributed by atoms with Crippen LogP contribution in [0.15, 0.2) is 48.9 Å². The van der Waals surface area contributed by atoms with Crippen LogP contribution in [0.3, 0.4) is 0 Å². The monoisotopic (exact) mass is 500 g/mol. The maximum atomic E-state index is 14.0. The highest BCUT2D eigenvalue weighted by molar-refractivity contribution is 5.98. The third-order valence-corrected chi connectivity index (χ3v) is 7.14. The number of pyridine rings is 3. The number of fused-ring (bicyclic) bond motifs is 3. The summed E-state index contributed by atoms with van der Waals surface area (Å²) in [4.78, 5) is 32.3. The number of amides is 1. The molecule has 0 aromatic carbocycles. The van der Waals surface area contributed by atoms with Crippen LogP contribution < -0.4 is 5.73 Å². The van der Waals surface area contributed by atoms with E-state index in [1.807, 2.05) is 30.5 Å². The average Bonchev–Trinajstić information content (AvgIpc) is 3.60. The van der Waals surface area contributed by atoms with Gasteiger partial charge in [-0.25, -0.2) is 4.98 Å². The molecule has 1 fully saturated rings. The van der Waals surface area contributed by atoms with Crippen molar-refractivity contribution in [2.24, 2.45) is 0 Å². The van der Waals surface area contributed by atoms with E-state index < -0.39 is 0 Å². The molecule has 2 aliphatic rings. The molecule has 10 heteroatoms. The van der Waals surface area contributed by atoms with Gasteiger partial charge in [-0.05, 0) is 36.2 Å². The lowest BCUT2D eigenvalue weighted by atomic mass is 10.0. The minimum atomic E-state index is -0.272. The van der Waals surface area contributed by atoms with Crippen LogP contribution in [-0.4, -0.2) is 63.2 Å². The zero-order valence-electron chi connectivity index (χ0n) is 20.5. The van der Waals surface area contributed by atoms with Gasteiger partial charge in [0.1, 0.15) is 11.5 Å². The Bertz CT molecular complexity index is 1420. The second-order valence-electron chi connectivity index (χ2n) is 9.30. The fourth-order valence-corrected chi connectivity index (χ4v) is 5.13. The quantitative estimate of drug-likeness (QED) is 0.413. The number of hydrogen-bond donors (Lipinski definition) is 2. The number of H-pyrrole nitrogens is 1. The van der Waals surface area contributed by atoms with E-state index >= 15 is 0 Å². The number of nitrogens with two attached hydrogens (primary N) is 1. The minimum absolute atomic E-state index is 0.149. The van der Waals surface area contributed by atoms with Gasteiger partial charge < -0.3 is 29.8 Å². The molecule has 6 rings (SSSR count). The minimum Gasteiger partial charge on any atom is -0.383 e. The number of rotatable bonds is 6. The second kappa shape index (κ2) is 9.89. The molecule has 0 bridgehead atoms. The zero-order valence-corrected chi connectivity index (χ0v) is 20.5. The summed E-state index contributed by atoms with van der Waals surface area (Å²) in [6.07, 6.45) is 5.88. The number of aromatic amines is 1. The van der Waals surface area contributed by atoms with Gasteiger partial charge in [-0.2, -0.15) is 0 Å². The summed E-state index contributed by atoms with van der Waals surface area (Å²) >= 11 is 0. The summed E-state index contributed by atoms with van der Waals surface area (Å²) in [5, 5.41) is 0. The number of ether oxygens (including phenoxy) is 3. The van der Waals surface area contributed by atoms with E-state index in [1.54, 1.807) is 30.5 Å². The molecular weight excluding hydrogens is 472 g/mol. The van der Waals surface area contributed by atoms with E-state index in [0.717, 1.165) is 33.5 Å². The van der Waals surface area contributed by atoms with Crippen LogP contribution in [0.2, 0.25) is 0 Å². The molecule has 2 aliphatic heterocycles. The Morgan fingerprint density at radius 1 is 1.16 bits per heavy atom. The number of methoxy groups -OCH3 is 1. The van der Waals surface area contributed by atoms with E-state index in [4.69, 9.17) is 19.9 Å². The highest BCUT2D eigenvalue weighted by atomic mass is 16.5. The molecule has 0 saturated carbocycles. The number of nitrogens with zero attached hydrogens (tertiary/aromatic N) is 4. The Kier molecular flexibility index (Phi) is 6.29. The number of carbonyl (C=O) groups excluding carboxylic acids is 1. The lowest BCUT2D eigenvalue weighted by molar-refractivity contribution is -0.0716. The first-order chi connectivity index (χ1) is 18.1. The molecule has 1 saturated heterocycles. The molecule has 37 heavy (non-hydrogen) atoms. The topological polar surface area (TPSA) is 128 Å². The first kappa shape index (κ1) is 23.5. The third kappa shape index (κ3) is 4.43. The summed E-state index contributed by atoms with van der Waals surface area (Å²) < 4.78 is 17.1. The number of nitrogen functional groups attached to an aromatic ring is 1. The molecule has 6 heterocycles. The zero-order chi connectivity index (χ0) is 25.4. The fraction of sp³-hybridized carbons (Fsp3) is 0.333. The predicted molar refractivity (Wildman–Crippen MR) is 136 cm³/mol. The lowest BCUT2D eigenvalue weighted by Crippen LogP contribution is -2.52. The predicted octanol–water partition coefficient (Wildman–Crippen LogP) is 3.08. The van der Waals surface area contributed by atoms with Crippen molar-refractivity contribution in [1.82, 2.24) is 24.8 Å². The van der Waals surface area contributed by atoms with Crippen molar-refractivity contribution in [3.05, 3.63) is 71.4 Å². The normalized spacial score (nSPS) is 19.2. The molecule has 10 nitrogen and oxygen atoms in total. The van der Waals surface area contributed by atoms with Crippen LogP contribution in [-0.2, 0) is 34.0 Å². The Morgan fingerprint density at radius 2 is 2.00 bits per heavy atom. The number of carbonyl (C=O) groups is 1. The molecule has 0 spiro atoms. The summed E-state index contributed by atoms with van der Waals surface area (Å²) in [6.45, 7) is 2.14. The van der Waals surface area contributed by atoms with Crippen molar-refractivity contribution in [3.63, 3.8) is 0 Å². The highest BCUT2D eigenvalue weighted by Crippen LogP contribution is 2.32. The van der Waals surface area contributed by atoms with Crippen LogP contribution >= 0.6 is 0 Å². The van der Waals surface area contributed by atoms with Gasteiger partial charge in [0.2, 0.25) is 0 Å². The summed E-state index contributed by atoms with van der Waals surface area (Å²) in [7, 11) is 1.67. The molecule has 3 N–H and O–H groups in total. The van der Waals surface area contributed by atoms with E-state index in [0.29, 0.717) is 56.4 Å². The second-order valence-corrected chi connectivity index (χ2v) is 9.30. The van der Waals surface area contributed by atoms with Crippen molar-refractivity contribution < 1.29 is 19.0 Å². The van der Waals surface area contributed by atoms with Crippen LogP contribution in [0.1, 0.15) is 33.7 Å². The molecule has 1 amide bonds. The van der Waals surface area contributed by atoms with Gasteiger partial charge in [-0.15, -0.1) is 0 Å². The molecular formula is C27H28N6O4. The van der Waals surface area contributed by atoms with E-state index in [1.165, 1.54) is 0 Å². The molecule has 4 aromatic heterocycles. The highest BCUT2D eigenvalue weighted by Gasteiger charge is 2.35. The van der Waals surface area contributed by atoms with Gasteiger partial charge in [0.15, 0.2) is 0 Å². The number of anilines is 1. The van der Waals surface area contributed by atoms with Crippen LogP contribution in [0.4, 0.5) is 5.82 Å². The van der Waals surface area contributed by atoms with Gasteiger partial charge in [0.05, 0.1) is 55.2 Å². The molecule has 0 unspecified atom stereocenters. The van der Waals surface area contributed by atoms with Crippen LogP contribution in [0, 0.1) is 0 Å². The summed E-state index contributed by atoms with van der Waals surface area (Å²) in [6, 6.07) is 9.31. The Morgan fingerprint density at radius 3 is 2.78 bits per heavy atom. The van der Waals surface area contributed by atoms with Crippen molar-refractivity contribution in [3.8, 4) is 11.1 Å². The number of aromatic nitrogens is 4.